The van der Waals surface area contributed by atoms with Gasteiger partial charge >= 0.3 is 0 Å². The fourth-order valence-corrected chi connectivity index (χ4v) is 4.82. The smallest absolute Gasteiger partial charge is 0.234 e. The molecule has 6 heteroatoms. The Morgan fingerprint density at radius 2 is 1.44 bits per heavy atom. The first kappa shape index (κ1) is 23.6. The molecule has 178 valence electrons. The van der Waals surface area contributed by atoms with Gasteiger partial charge in [0.15, 0.2) is 11.0 Å². The fraction of sp³-hybridized carbons (Fsp3) is 0.100. The molecule has 5 rings (SSSR count). The summed E-state index contributed by atoms with van der Waals surface area (Å²) in [5.41, 5.74) is 7.10. The third kappa shape index (κ3) is 5.09. The highest BCUT2D eigenvalue weighted by Gasteiger charge is 2.19. The minimum atomic E-state index is -0.0979. The van der Waals surface area contributed by atoms with Crippen LogP contribution in [0.2, 0.25) is 0 Å². The number of aryl methyl sites for hydroxylation is 2. The molecular formula is C30H26N4OS. The van der Waals surface area contributed by atoms with Crippen LogP contribution >= 0.6 is 11.8 Å². The molecule has 0 aliphatic heterocycles. The summed E-state index contributed by atoms with van der Waals surface area (Å²) in [4.78, 5) is 13.0. The van der Waals surface area contributed by atoms with E-state index in [2.05, 4.69) is 59.7 Å². The molecule has 0 unspecified atom stereocenters. The molecule has 0 saturated heterocycles. The van der Waals surface area contributed by atoms with Gasteiger partial charge in [0.2, 0.25) is 5.91 Å². The summed E-state index contributed by atoms with van der Waals surface area (Å²) in [6.07, 6.45) is 0. The maximum atomic E-state index is 13.0. The van der Waals surface area contributed by atoms with Crippen molar-refractivity contribution in [3.8, 4) is 28.2 Å². The summed E-state index contributed by atoms with van der Waals surface area (Å²) in [6.45, 7) is 4.12. The maximum Gasteiger partial charge on any atom is 0.234 e. The summed E-state index contributed by atoms with van der Waals surface area (Å²) in [7, 11) is 0. The number of hydrogen-bond acceptors (Lipinski definition) is 4. The monoisotopic (exact) mass is 490 g/mol. The third-order valence-electron chi connectivity index (χ3n) is 5.93. The zero-order chi connectivity index (χ0) is 24.9. The van der Waals surface area contributed by atoms with Crippen LogP contribution in [0, 0.1) is 13.8 Å². The molecule has 1 heterocycles. The van der Waals surface area contributed by atoms with Crippen molar-refractivity contribution in [1.82, 2.24) is 14.8 Å². The number of nitrogens with one attached hydrogen (secondary N) is 1. The van der Waals surface area contributed by atoms with Crippen LogP contribution in [0.1, 0.15) is 11.1 Å². The normalized spacial score (nSPS) is 10.8. The predicted molar refractivity (Wildman–Crippen MR) is 148 cm³/mol. The van der Waals surface area contributed by atoms with Crippen molar-refractivity contribution in [2.24, 2.45) is 0 Å². The summed E-state index contributed by atoms with van der Waals surface area (Å²) in [6, 6.07) is 34.3. The SMILES string of the molecule is Cc1ccc(-n2c(SCC(=O)Nc3ccccc3-c3ccccc3)nnc2-c2ccccc2C)cc1. The molecule has 1 N–H and O–H groups in total. The molecule has 0 aliphatic carbocycles. The zero-order valence-corrected chi connectivity index (χ0v) is 21.0. The second kappa shape index (κ2) is 10.6. The van der Waals surface area contributed by atoms with Crippen molar-refractivity contribution < 1.29 is 4.79 Å². The van der Waals surface area contributed by atoms with Gasteiger partial charge in [0, 0.05) is 22.5 Å². The highest BCUT2D eigenvalue weighted by Crippen LogP contribution is 2.31. The van der Waals surface area contributed by atoms with Gasteiger partial charge in [0.05, 0.1) is 5.75 Å². The van der Waals surface area contributed by atoms with E-state index < -0.39 is 0 Å². The van der Waals surface area contributed by atoms with Gasteiger partial charge in [-0.25, -0.2) is 0 Å². The number of rotatable bonds is 7. The molecule has 1 amide bonds. The van der Waals surface area contributed by atoms with Crippen LogP contribution in [-0.2, 0) is 4.79 Å². The number of anilines is 1. The Labute approximate surface area is 215 Å². The van der Waals surface area contributed by atoms with E-state index in [1.165, 1.54) is 17.3 Å². The Balaban J connectivity index is 1.40. The number of benzene rings is 4. The van der Waals surface area contributed by atoms with E-state index in [-0.39, 0.29) is 11.7 Å². The highest BCUT2D eigenvalue weighted by molar-refractivity contribution is 7.99. The van der Waals surface area contributed by atoms with Gasteiger partial charge < -0.3 is 5.32 Å². The maximum absolute atomic E-state index is 13.0. The van der Waals surface area contributed by atoms with Crippen LogP contribution < -0.4 is 5.32 Å². The van der Waals surface area contributed by atoms with E-state index >= 15 is 0 Å². The zero-order valence-electron chi connectivity index (χ0n) is 20.2. The van der Waals surface area contributed by atoms with Gasteiger partial charge in [0.25, 0.3) is 0 Å². The molecule has 5 aromatic rings. The first-order valence-electron chi connectivity index (χ1n) is 11.8. The number of thioether (sulfide) groups is 1. The van der Waals surface area contributed by atoms with Gasteiger partial charge in [-0.15, -0.1) is 10.2 Å². The van der Waals surface area contributed by atoms with Crippen LogP contribution in [0.4, 0.5) is 5.69 Å². The molecule has 0 bridgehead atoms. The average molecular weight is 491 g/mol. The molecule has 0 fully saturated rings. The number of amides is 1. The molecule has 0 atom stereocenters. The van der Waals surface area contributed by atoms with Crippen molar-refractivity contribution in [3.05, 3.63) is 114 Å². The second-order valence-corrected chi connectivity index (χ2v) is 9.48. The van der Waals surface area contributed by atoms with E-state index in [4.69, 9.17) is 0 Å². The standard InChI is InChI=1S/C30H26N4OS/c1-21-16-18-24(19-17-21)34-29(25-13-7-6-10-22(25)2)32-33-30(34)36-20-28(35)31-27-15-9-8-14-26(27)23-11-4-3-5-12-23/h3-19H,20H2,1-2H3,(H,31,35). The van der Waals surface area contributed by atoms with Gasteiger partial charge in [-0.2, -0.15) is 0 Å². The highest BCUT2D eigenvalue weighted by atomic mass is 32.2. The Kier molecular flexibility index (Phi) is 6.96. The van der Waals surface area contributed by atoms with E-state index in [0.29, 0.717) is 5.16 Å². The van der Waals surface area contributed by atoms with E-state index in [9.17, 15) is 4.79 Å². The minimum Gasteiger partial charge on any atom is -0.325 e. The number of aromatic nitrogens is 3. The number of nitrogens with zero attached hydrogens (tertiary/aromatic N) is 3. The van der Waals surface area contributed by atoms with E-state index in [0.717, 1.165) is 39.5 Å². The number of carbonyl (C=O) groups is 1. The third-order valence-corrected chi connectivity index (χ3v) is 6.86. The lowest BCUT2D eigenvalue weighted by molar-refractivity contribution is -0.113. The van der Waals surface area contributed by atoms with Gasteiger partial charge in [-0.3, -0.25) is 9.36 Å². The summed E-state index contributed by atoms with van der Waals surface area (Å²) < 4.78 is 2.03. The topological polar surface area (TPSA) is 59.8 Å². The lowest BCUT2D eigenvalue weighted by Gasteiger charge is -2.13. The van der Waals surface area contributed by atoms with Crippen LogP contribution in [0.3, 0.4) is 0 Å². The Hall–Kier alpha value is -4.16. The minimum absolute atomic E-state index is 0.0979. The Morgan fingerprint density at radius 3 is 2.19 bits per heavy atom. The molecule has 0 saturated carbocycles. The van der Waals surface area contributed by atoms with Crippen molar-refractivity contribution in [2.75, 3.05) is 11.1 Å². The number of para-hydroxylation sites is 1. The van der Waals surface area contributed by atoms with Crippen molar-refractivity contribution >= 4 is 23.4 Å². The number of hydrogen-bond donors (Lipinski definition) is 1. The molecule has 5 nitrogen and oxygen atoms in total. The lowest BCUT2D eigenvalue weighted by Crippen LogP contribution is -2.15. The summed E-state index contributed by atoms with van der Waals surface area (Å²) >= 11 is 1.37. The van der Waals surface area contributed by atoms with Crippen LogP contribution in [0.15, 0.2) is 108 Å². The van der Waals surface area contributed by atoms with E-state index in [1.54, 1.807) is 0 Å². The molecule has 1 aromatic heterocycles. The molecule has 36 heavy (non-hydrogen) atoms. The van der Waals surface area contributed by atoms with Crippen molar-refractivity contribution in [2.45, 2.75) is 19.0 Å². The lowest BCUT2D eigenvalue weighted by atomic mass is 10.0. The number of carbonyl (C=O) groups excluding carboxylic acids is 1. The van der Waals surface area contributed by atoms with Crippen LogP contribution in [0.5, 0.6) is 0 Å². The quantitative estimate of drug-likeness (QED) is 0.251. The molecule has 0 spiro atoms. The van der Waals surface area contributed by atoms with E-state index in [1.807, 2.05) is 77.4 Å². The predicted octanol–water partition coefficient (Wildman–Crippen LogP) is 6.95. The molecule has 4 aromatic carbocycles. The average Bonchev–Trinajstić information content (AvgIpc) is 3.33. The van der Waals surface area contributed by atoms with Gasteiger partial charge in [-0.05, 0) is 43.2 Å². The van der Waals surface area contributed by atoms with Crippen molar-refractivity contribution in [3.63, 3.8) is 0 Å². The summed E-state index contributed by atoms with van der Waals surface area (Å²) in [5, 5.41) is 12.7. The molecule has 0 aliphatic rings. The van der Waals surface area contributed by atoms with Gasteiger partial charge in [0.1, 0.15) is 0 Å². The first-order chi connectivity index (χ1) is 17.6. The van der Waals surface area contributed by atoms with Crippen LogP contribution in [0.25, 0.3) is 28.2 Å². The Morgan fingerprint density at radius 1 is 0.778 bits per heavy atom. The fourth-order valence-electron chi connectivity index (χ4n) is 4.07. The molecular weight excluding hydrogens is 464 g/mol. The Bertz CT molecular complexity index is 1490. The first-order valence-corrected chi connectivity index (χ1v) is 12.7. The summed E-state index contributed by atoms with van der Waals surface area (Å²) in [5.74, 6) is 0.870. The second-order valence-electron chi connectivity index (χ2n) is 8.54. The largest absolute Gasteiger partial charge is 0.325 e. The molecule has 0 radical (unpaired) electrons. The van der Waals surface area contributed by atoms with Crippen molar-refractivity contribution in [1.29, 1.82) is 0 Å². The van der Waals surface area contributed by atoms with Crippen LogP contribution in [-0.4, -0.2) is 26.4 Å². The van der Waals surface area contributed by atoms with Gasteiger partial charge in [-0.1, -0.05) is 102 Å².